The molecule has 1 aliphatic heterocycles. The van der Waals surface area contributed by atoms with Crippen molar-refractivity contribution in [2.24, 2.45) is 0 Å². The second-order valence-electron chi connectivity index (χ2n) is 8.67. The number of rotatable bonds is 6. The standard InChI is InChI=1S/C23H32FN3O6/c1-23(2,3)33-22(30)27-11-9-16(10-12-27)26(4)19-8-7-15(13-17(19)24)25-18(21(29)32-6)14-20(28)31-5/h7-8,13-14,16,25H,9-12H2,1-6H3/b18-14+. The molecule has 1 amide bonds. The Kier molecular flexibility index (Phi) is 8.67. The molecule has 0 aliphatic carbocycles. The number of methoxy groups -OCH3 is 2. The maximum atomic E-state index is 14.9. The number of nitrogens with one attached hydrogen (secondary N) is 1. The lowest BCUT2D eigenvalue weighted by molar-refractivity contribution is -0.138. The van der Waals surface area contributed by atoms with Gasteiger partial charge in [-0.2, -0.15) is 0 Å². The van der Waals surface area contributed by atoms with E-state index in [4.69, 9.17) is 4.74 Å². The molecule has 0 aromatic heterocycles. The molecule has 1 fully saturated rings. The zero-order chi connectivity index (χ0) is 24.8. The van der Waals surface area contributed by atoms with Gasteiger partial charge in [-0.1, -0.05) is 0 Å². The summed E-state index contributed by atoms with van der Waals surface area (Å²) in [6.45, 7) is 6.52. The quantitative estimate of drug-likeness (QED) is 0.388. The molecule has 182 valence electrons. The molecule has 1 aromatic rings. The smallest absolute Gasteiger partial charge is 0.410 e. The molecule has 9 nitrogen and oxygen atoms in total. The highest BCUT2D eigenvalue weighted by molar-refractivity contribution is 5.98. The summed E-state index contributed by atoms with van der Waals surface area (Å²) < 4.78 is 29.5. The minimum absolute atomic E-state index is 0.0434. The molecule has 0 bridgehead atoms. The zero-order valence-electron chi connectivity index (χ0n) is 19.9. The SMILES string of the molecule is COC(=O)/C=C(/Nc1ccc(N(C)C2CCN(C(=O)OC(C)(C)C)CC2)c(F)c1)C(=O)OC. The van der Waals surface area contributed by atoms with Crippen LogP contribution in [0.5, 0.6) is 0 Å². The van der Waals surface area contributed by atoms with Crippen LogP contribution in [-0.2, 0) is 23.8 Å². The van der Waals surface area contributed by atoms with Crippen molar-refractivity contribution in [1.82, 2.24) is 4.90 Å². The van der Waals surface area contributed by atoms with Gasteiger partial charge >= 0.3 is 18.0 Å². The van der Waals surface area contributed by atoms with E-state index in [9.17, 15) is 18.8 Å². The van der Waals surface area contributed by atoms with E-state index >= 15 is 0 Å². The second-order valence-corrected chi connectivity index (χ2v) is 8.67. The number of piperidine rings is 1. The predicted octanol–water partition coefficient (Wildman–Crippen LogP) is 3.30. The Hall–Kier alpha value is -3.30. The summed E-state index contributed by atoms with van der Waals surface area (Å²) in [6.07, 6.45) is 1.93. The Morgan fingerprint density at radius 3 is 2.30 bits per heavy atom. The van der Waals surface area contributed by atoms with E-state index < -0.39 is 23.4 Å². The normalized spacial score (nSPS) is 15.0. The van der Waals surface area contributed by atoms with Crippen molar-refractivity contribution in [2.45, 2.75) is 45.3 Å². The lowest BCUT2D eigenvalue weighted by Crippen LogP contribution is -2.47. The van der Waals surface area contributed by atoms with Crippen LogP contribution in [0.25, 0.3) is 0 Å². The molecule has 2 rings (SSSR count). The lowest BCUT2D eigenvalue weighted by Gasteiger charge is -2.38. The average molecular weight is 466 g/mol. The maximum Gasteiger partial charge on any atom is 0.410 e. The van der Waals surface area contributed by atoms with Gasteiger partial charge in [0.05, 0.1) is 26.0 Å². The number of benzene rings is 1. The topological polar surface area (TPSA) is 97.4 Å². The van der Waals surface area contributed by atoms with Crippen molar-refractivity contribution < 1.29 is 33.0 Å². The molecule has 1 heterocycles. The first-order valence-electron chi connectivity index (χ1n) is 10.6. The Bertz CT molecular complexity index is 904. The average Bonchev–Trinajstić information content (AvgIpc) is 2.76. The third-order valence-corrected chi connectivity index (χ3v) is 5.14. The summed E-state index contributed by atoms with van der Waals surface area (Å²) in [7, 11) is 4.15. The molecular weight excluding hydrogens is 433 g/mol. The van der Waals surface area contributed by atoms with Crippen LogP contribution in [0, 0.1) is 5.82 Å². The van der Waals surface area contributed by atoms with E-state index in [1.807, 2.05) is 25.7 Å². The molecule has 1 saturated heterocycles. The Labute approximate surface area is 193 Å². The van der Waals surface area contributed by atoms with Crippen LogP contribution in [0.3, 0.4) is 0 Å². The first-order chi connectivity index (χ1) is 15.4. The number of hydrogen-bond donors (Lipinski definition) is 1. The van der Waals surface area contributed by atoms with Crippen molar-refractivity contribution in [1.29, 1.82) is 0 Å². The van der Waals surface area contributed by atoms with Crippen LogP contribution >= 0.6 is 0 Å². The molecule has 1 N–H and O–H groups in total. The molecule has 0 unspecified atom stereocenters. The number of likely N-dealkylation sites (tertiary alicyclic amines) is 1. The minimum atomic E-state index is -0.793. The number of anilines is 2. The van der Waals surface area contributed by atoms with Crippen molar-refractivity contribution >= 4 is 29.4 Å². The third kappa shape index (κ3) is 7.37. The largest absolute Gasteiger partial charge is 0.466 e. The lowest BCUT2D eigenvalue weighted by atomic mass is 10.0. The minimum Gasteiger partial charge on any atom is -0.466 e. The van der Waals surface area contributed by atoms with E-state index in [1.165, 1.54) is 20.3 Å². The van der Waals surface area contributed by atoms with Gasteiger partial charge in [0.15, 0.2) is 0 Å². The van der Waals surface area contributed by atoms with Crippen LogP contribution in [0.15, 0.2) is 30.0 Å². The van der Waals surface area contributed by atoms with Gasteiger partial charge in [-0.25, -0.2) is 18.8 Å². The highest BCUT2D eigenvalue weighted by atomic mass is 19.1. The fourth-order valence-corrected chi connectivity index (χ4v) is 3.42. The van der Waals surface area contributed by atoms with E-state index in [0.717, 1.165) is 6.08 Å². The van der Waals surface area contributed by atoms with Crippen molar-refractivity contribution in [2.75, 3.05) is 44.6 Å². The monoisotopic (exact) mass is 465 g/mol. The summed E-state index contributed by atoms with van der Waals surface area (Å²) in [4.78, 5) is 39.1. The van der Waals surface area contributed by atoms with Gasteiger partial charge in [-0.15, -0.1) is 0 Å². The number of ether oxygens (including phenoxy) is 3. The van der Waals surface area contributed by atoms with Gasteiger partial charge in [-0.05, 0) is 51.8 Å². The number of halogens is 1. The molecule has 0 spiro atoms. The van der Waals surface area contributed by atoms with E-state index in [1.54, 1.807) is 24.1 Å². The highest BCUT2D eigenvalue weighted by Crippen LogP contribution is 2.28. The molecule has 1 aromatic carbocycles. The van der Waals surface area contributed by atoms with Crippen LogP contribution < -0.4 is 10.2 Å². The number of esters is 2. The summed E-state index contributed by atoms with van der Waals surface area (Å²) >= 11 is 0. The van der Waals surface area contributed by atoms with Gasteiger partial charge in [0.2, 0.25) is 0 Å². The Balaban J connectivity index is 2.06. The fraction of sp³-hybridized carbons (Fsp3) is 0.522. The third-order valence-electron chi connectivity index (χ3n) is 5.14. The first kappa shape index (κ1) is 26.0. The molecule has 1 aliphatic rings. The number of hydrogen-bond acceptors (Lipinski definition) is 8. The van der Waals surface area contributed by atoms with Crippen LogP contribution in [0.2, 0.25) is 0 Å². The van der Waals surface area contributed by atoms with E-state index in [0.29, 0.717) is 31.6 Å². The molecule has 0 saturated carbocycles. The van der Waals surface area contributed by atoms with Gasteiger partial charge < -0.3 is 29.3 Å². The summed E-state index contributed by atoms with van der Waals surface area (Å²) in [5.41, 5.74) is -0.0826. The summed E-state index contributed by atoms with van der Waals surface area (Å²) in [5, 5.41) is 2.69. The number of amides is 1. The number of carbonyl (C=O) groups excluding carboxylic acids is 3. The van der Waals surface area contributed by atoms with Crippen molar-refractivity contribution in [3.05, 3.63) is 35.8 Å². The molecule has 33 heavy (non-hydrogen) atoms. The highest BCUT2D eigenvalue weighted by Gasteiger charge is 2.29. The van der Waals surface area contributed by atoms with Gasteiger partial charge in [-0.3, -0.25) is 0 Å². The van der Waals surface area contributed by atoms with E-state index in [2.05, 4.69) is 14.8 Å². The fourth-order valence-electron chi connectivity index (χ4n) is 3.42. The molecule has 0 radical (unpaired) electrons. The summed E-state index contributed by atoms with van der Waals surface area (Å²) in [5.74, 6) is -2.05. The number of nitrogens with zero attached hydrogens (tertiary/aromatic N) is 2. The molecule has 0 atom stereocenters. The second kappa shape index (κ2) is 11.0. The van der Waals surface area contributed by atoms with Crippen molar-refractivity contribution in [3.63, 3.8) is 0 Å². The van der Waals surface area contributed by atoms with Gasteiger partial charge in [0.25, 0.3) is 0 Å². The van der Waals surface area contributed by atoms with Gasteiger partial charge in [0.1, 0.15) is 17.1 Å². The van der Waals surface area contributed by atoms with Gasteiger partial charge in [0, 0.05) is 31.9 Å². The predicted molar refractivity (Wildman–Crippen MR) is 121 cm³/mol. The summed E-state index contributed by atoms with van der Waals surface area (Å²) in [6, 6.07) is 4.46. The zero-order valence-corrected chi connectivity index (χ0v) is 19.9. The Morgan fingerprint density at radius 1 is 1.15 bits per heavy atom. The van der Waals surface area contributed by atoms with Crippen LogP contribution in [0.1, 0.15) is 33.6 Å². The first-order valence-corrected chi connectivity index (χ1v) is 10.6. The molecular formula is C23H32FN3O6. The molecule has 10 heteroatoms. The number of carbonyl (C=O) groups is 3. The van der Waals surface area contributed by atoms with Crippen molar-refractivity contribution in [3.8, 4) is 0 Å². The van der Waals surface area contributed by atoms with E-state index in [-0.39, 0.29) is 23.5 Å². The Morgan fingerprint density at radius 2 is 1.79 bits per heavy atom. The van der Waals surface area contributed by atoms with Crippen LogP contribution in [0.4, 0.5) is 20.6 Å². The maximum absolute atomic E-state index is 14.9. The van der Waals surface area contributed by atoms with Crippen LogP contribution in [-0.4, -0.2) is 68.9 Å².